The zero-order chi connectivity index (χ0) is 31.8. The quantitative estimate of drug-likeness (QED) is 0.142. The average molecular weight is 628 g/mol. The van der Waals surface area contributed by atoms with E-state index in [0.29, 0.717) is 23.9 Å². The first-order valence-electron chi connectivity index (χ1n) is 14.9. The Morgan fingerprint density at radius 1 is 0.889 bits per heavy atom. The molecule has 2 heterocycles. The van der Waals surface area contributed by atoms with E-state index in [1.165, 1.54) is 11.8 Å². The summed E-state index contributed by atoms with van der Waals surface area (Å²) in [6, 6.07) is 26.8. The van der Waals surface area contributed by atoms with Crippen LogP contribution in [0.3, 0.4) is 0 Å². The van der Waals surface area contributed by atoms with E-state index in [1.54, 1.807) is 18.3 Å². The summed E-state index contributed by atoms with van der Waals surface area (Å²) in [4.78, 5) is 27.9. The number of carboxylic acids is 1. The summed E-state index contributed by atoms with van der Waals surface area (Å²) in [6.45, 7) is 4.90. The first-order valence-corrected chi connectivity index (χ1v) is 15.9. The van der Waals surface area contributed by atoms with Gasteiger partial charge in [-0.1, -0.05) is 73.7 Å². The first-order chi connectivity index (χ1) is 21.9. The number of aliphatic hydroxyl groups excluding tert-OH is 1. The Hall–Kier alpha value is -4.22. The van der Waals surface area contributed by atoms with Gasteiger partial charge >= 0.3 is 12.0 Å². The Labute approximate surface area is 267 Å². The van der Waals surface area contributed by atoms with Crippen molar-refractivity contribution >= 4 is 23.8 Å². The van der Waals surface area contributed by atoms with E-state index in [-0.39, 0.29) is 36.3 Å². The number of ether oxygens (including phenoxy) is 2. The number of aromatic carboxylic acids is 1. The lowest BCUT2D eigenvalue weighted by molar-refractivity contribution is -0.268. The zero-order valence-corrected chi connectivity index (χ0v) is 26.0. The number of hydrogen-bond donors (Lipinski definition) is 4. The van der Waals surface area contributed by atoms with Crippen LogP contribution in [0, 0.1) is 5.92 Å². The van der Waals surface area contributed by atoms with Crippen molar-refractivity contribution in [3.63, 3.8) is 0 Å². The predicted molar refractivity (Wildman–Crippen MR) is 173 cm³/mol. The fraction of sp³-hybridized carbons (Fsp3) is 0.286. The Kier molecular flexibility index (Phi) is 10.9. The van der Waals surface area contributed by atoms with E-state index in [4.69, 9.17) is 9.47 Å². The summed E-state index contributed by atoms with van der Waals surface area (Å²) in [5.74, 6) is -0.588. The molecule has 0 saturated carbocycles. The monoisotopic (exact) mass is 627 g/mol. The number of thioether (sulfide) groups is 1. The number of carboxylic acid groups (broad SMARTS) is 1. The van der Waals surface area contributed by atoms with Crippen molar-refractivity contribution in [3.8, 4) is 11.1 Å². The molecule has 9 nitrogen and oxygen atoms in total. The summed E-state index contributed by atoms with van der Waals surface area (Å²) in [7, 11) is 0. The van der Waals surface area contributed by atoms with E-state index in [2.05, 4.69) is 28.6 Å². The molecule has 4 atom stereocenters. The molecule has 0 radical (unpaired) electrons. The summed E-state index contributed by atoms with van der Waals surface area (Å²) in [5.41, 5.74) is 5.84. The van der Waals surface area contributed by atoms with E-state index >= 15 is 0 Å². The molecular formula is C35H37N3O6S. The van der Waals surface area contributed by atoms with Crippen LogP contribution in [0.15, 0.2) is 96.2 Å². The van der Waals surface area contributed by atoms with E-state index in [0.717, 1.165) is 33.4 Å². The Balaban J connectivity index is 1.36. The molecule has 1 aliphatic rings. The third-order valence-corrected chi connectivity index (χ3v) is 8.84. The molecule has 1 aliphatic heterocycles. The topological polar surface area (TPSA) is 130 Å². The molecule has 0 bridgehead atoms. The third kappa shape index (κ3) is 8.09. The maximum absolute atomic E-state index is 11.8. The molecule has 1 fully saturated rings. The van der Waals surface area contributed by atoms with Crippen molar-refractivity contribution in [2.24, 2.45) is 5.92 Å². The highest BCUT2D eigenvalue weighted by atomic mass is 32.2. The standard InChI is InChI=1S/C35H37N3O6S/c1-3-36-35(42)38-19-24-6-4-7-28(18-24)25-13-15-27(16-14-25)34-43-30(21-45-32-29(33(40)41)8-5-17-37-32)22(2)31(44-34)26-11-9-23(20-39)10-12-26/h4-18,22,30-31,34,39H,3,19-21H2,1-2H3,(H,40,41)(H2,36,38,42). The number of aliphatic hydroxyl groups is 1. The Bertz CT molecular complexity index is 1600. The molecule has 1 saturated heterocycles. The highest BCUT2D eigenvalue weighted by Gasteiger charge is 2.38. The molecule has 0 spiro atoms. The van der Waals surface area contributed by atoms with Gasteiger partial charge in [-0.3, -0.25) is 0 Å². The van der Waals surface area contributed by atoms with Gasteiger partial charge in [0.05, 0.1) is 24.4 Å². The first kappa shape index (κ1) is 32.2. The SMILES string of the molecule is CCNC(=O)NCc1cccc(-c2ccc(C3OC(CSc4ncccc4C(=O)O)C(C)C(c4ccc(CO)cc4)O3)cc2)c1. The molecule has 4 unspecified atom stereocenters. The molecule has 234 valence electrons. The number of nitrogens with one attached hydrogen (secondary N) is 2. The van der Waals surface area contributed by atoms with Crippen molar-refractivity contribution in [2.75, 3.05) is 12.3 Å². The lowest BCUT2D eigenvalue weighted by atomic mass is 9.91. The van der Waals surface area contributed by atoms with Crippen LogP contribution in [0.4, 0.5) is 4.79 Å². The van der Waals surface area contributed by atoms with Crippen molar-refractivity contribution in [2.45, 2.75) is 50.5 Å². The lowest BCUT2D eigenvalue weighted by Crippen LogP contribution is -2.38. The Morgan fingerprint density at radius 3 is 2.36 bits per heavy atom. The zero-order valence-electron chi connectivity index (χ0n) is 25.2. The van der Waals surface area contributed by atoms with Gasteiger partial charge in [0.25, 0.3) is 0 Å². The number of carbonyl (C=O) groups excluding carboxylic acids is 1. The lowest BCUT2D eigenvalue weighted by Gasteiger charge is -2.41. The molecule has 5 rings (SSSR count). The molecule has 10 heteroatoms. The Morgan fingerprint density at radius 2 is 1.64 bits per heavy atom. The fourth-order valence-electron chi connectivity index (χ4n) is 5.24. The van der Waals surface area contributed by atoms with Crippen LogP contribution in [0.2, 0.25) is 0 Å². The third-order valence-electron chi connectivity index (χ3n) is 7.74. The number of carbonyl (C=O) groups is 2. The number of benzene rings is 3. The van der Waals surface area contributed by atoms with Crippen LogP contribution in [-0.2, 0) is 22.6 Å². The van der Waals surface area contributed by atoms with Crippen LogP contribution in [0.25, 0.3) is 11.1 Å². The van der Waals surface area contributed by atoms with Gasteiger partial charge in [-0.05, 0) is 52.9 Å². The van der Waals surface area contributed by atoms with Crippen LogP contribution < -0.4 is 10.6 Å². The molecule has 45 heavy (non-hydrogen) atoms. The highest BCUT2D eigenvalue weighted by Crippen LogP contribution is 2.43. The van der Waals surface area contributed by atoms with Gasteiger partial charge in [-0.25, -0.2) is 14.6 Å². The van der Waals surface area contributed by atoms with Crippen molar-refractivity contribution in [1.29, 1.82) is 0 Å². The van der Waals surface area contributed by atoms with Gasteiger partial charge in [0.15, 0.2) is 6.29 Å². The number of hydrogen-bond acceptors (Lipinski definition) is 7. The van der Waals surface area contributed by atoms with Gasteiger partial charge in [-0.2, -0.15) is 0 Å². The van der Waals surface area contributed by atoms with E-state index < -0.39 is 12.3 Å². The summed E-state index contributed by atoms with van der Waals surface area (Å²) >= 11 is 1.36. The van der Waals surface area contributed by atoms with Gasteiger partial charge < -0.3 is 30.3 Å². The second-order valence-electron chi connectivity index (χ2n) is 10.8. The minimum atomic E-state index is -1.02. The largest absolute Gasteiger partial charge is 0.478 e. The van der Waals surface area contributed by atoms with Crippen molar-refractivity contribution in [1.82, 2.24) is 15.6 Å². The van der Waals surface area contributed by atoms with Gasteiger partial charge in [-0.15, -0.1) is 11.8 Å². The second kappa shape index (κ2) is 15.2. The molecule has 2 amide bonds. The maximum Gasteiger partial charge on any atom is 0.338 e. The van der Waals surface area contributed by atoms with Gasteiger partial charge in [0, 0.05) is 36.5 Å². The van der Waals surface area contributed by atoms with Crippen LogP contribution in [0.1, 0.15) is 58.9 Å². The number of nitrogens with zero attached hydrogens (tertiary/aromatic N) is 1. The molecular weight excluding hydrogens is 590 g/mol. The second-order valence-corrected chi connectivity index (χ2v) is 11.8. The predicted octanol–water partition coefficient (Wildman–Crippen LogP) is 6.34. The minimum Gasteiger partial charge on any atom is -0.478 e. The molecule has 0 aliphatic carbocycles. The number of urea groups is 1. The average Bonchev–Trinajstić information content (AvgIpc) is 3.07. The summed E-state index contributed by atoms with van der Waals surface area (Å²) in [5, 5.41) is 25.2. The van der Waals surface area contributed by atoms with Crippen LogP contribution in [0.5, 0.6) is 0 Å². The number of rotatable bonds is 11. The van der Waals surface area contributed by atoms with Crippen molar-refractivity contribution < 1.29 is 29.3 Å². The molecule has 3 aromatic carbocycles. The molecule has 4 N–H and O–H groups in total. The van der Waals surface area contributed by atoms with E-state index in [9.17, 15) is 19.8 Å². The molecule has 1 aromatic heterocycles. The van der Waals surface area contributed by atoms with Crippen LogP contribution >= 0.6 is 11.8 Å². The van der Waals surface area contributed by atoms with E-state index in [1.807, 2.05) is 73.7 Å². The number of aromatic nitrogens is 1. The minimum absolute atomic E-state index is 0.0394. The number of amides is 2. The summed E-state index contributed by atoms with van der Waals surface area (Å²) < 4.78 is 13.1. The maximum atomic E-state index is 11.8. The fourth-order valence-corrected chi connectivity index (χ4v) is 6.39. The number of pyridine rings is 1. The molecule has 4 aromatic rings. The summed E-state index contributed by atoms with van der Waals surface area (Å²) in [6.07, 6.45) is 0.375. The van der Waals surface area contributed by atoms with Crippen LogP contribution in [-0.4, -0.2) is 45.6 Å². The van der Waals surface area contributed by atoms with Gasteiger partial charge in [0.1, 0.15) is 5.03 Å². The smallest absolute Gasteiger partial charge is 0.338 e. The van der Waals surface area contributed by atoms with Crippen molar-refractivity contribution in [3.05, 3.63) is 119 Å². The van der Waals surface area contributed by atoms with Gasteiger partial charge in [0.2, 0.25) is 0 Å². The normalized spacial score (nSPS) is 19.5. The highest BCUT2D eigenvalue weighted by molar-refractivity contribution is 7.99.